The summed E-state index contributed by atoms with van der Waals surface area (Å²) in [6.45, 7) is 6.14. The van der Waals surface area contributed by atoms with Crippen molar-refractivity contribution in [1.82, 2.24) is 14.7 Å². The average molecular weight is 294 g/mol. The van der Waals surface area contributed by atoms with E-state index in [1.807, 2.05) is 4.90 Å². The van der Waals surface area contributed by atoms with Crippen LogP contribution in [-0.2, 0) is 11.3 Å². The van der Waals surface area contributed by atoms with E-state index in [2.05, 4.69) is 18.9 Å². The summed E-state index contributed by atoms with van der Waals surface area (Å²) < 4.78 is 1.49. The van der Waals surface area contributed by atoms with Gasteiger partial charge in [0.2, 0.25) is 5.91 Å². The van der Waals surface area contributed by atoms with Gasteiger partial charge < -0.3 is 4.90 Å². The van der Waals surface area contributed by atoms with E-state index in [1.165, 1.54) is 10.9 Å². The average Bonchev–Trinajstić information content (AvgIpc) is 2.77. The Hall–Kier alpha value is -1.92. The van der Waals surface area contributed by atoms with Crippen molar-refractivity contribution in [3.05, 3.63) is 22.0 Å². The maximum Gasteiger partial charge on any atom is 0.309 e. The van der Waals surface area contributed by atoms with Crippen molar-refractivity contribution in [1.29, 1.82) is 0 Å². The fraction of sp³-hybridized carbons (Fsp3) is 0.714. The Morgan fingerprint density at radius 1 is 1.43 bits per heavy atom. The fourth-order valence-electron chi connectivity index (χ4n) is 3.05. The second kappa shape index (κ2) is 6.24. The van der Waals surface area contributed by atoms with Gasteiger partial charge in [-0.1, -0.05) is 0 Å². The lowest BCUT2D eigenvalue weighted by Crippen LogP contribution is -2.47. The van der Waals surface area contributed by atoms with Crippen LogP contribution in [0.15, 0.2) is 6.20 Å². The molecule has 1 fully saturated rings. The minimum atomic E-state index is -0.449. The first-order valence-corrected chi connectivity index (χ1v) is 7.39. The van der Waals surface area contributed by atoms with Gasteiger partial charge in [0.25, 0.3) is 0 Å². The van der Waals surface area contributed by atoms with Crippen LogP contribution in [0.1, 0.15) is 45.2 Å². The minimum absolute atomic E-state index is 0.00200. The van der Waals surface area contributed by atoms with E-state index >= 15 is 0 Å². The maximum absolute atomic E-state index is 12.4. The predicted octanol–water partition coefficient (Wildman–Crippen LogP) is 2.28. The van der Waals surface area contributed by atoms with E-state index in [0.717, 1.165) is 19.3 Å². The molecule has 2 atom stereocenters. The van der Waals surface area contributed by atoms with E-state index in [0.29, 0.717) is 18.7 Å². The summed E-state index contributed by atoms with van der Waals surface area (Å²) in [6, 6.07) is 0.546. The first-order valence-electron chi connectivity index (χ1n) is 7.39. The number of nitrogens with zero attached hydrogens (tertiary/aromatic N) is 4. The topological polar surface area (TPSA) is 81.3 Å². The van der Waals surface area contributed by atoms with Crippen LogP contribution < -0.4 is 0 Å². The first kappa shape index (κ1) is 15.5. The lowest BCUT2D eigenvalue weighted by atomic mass is 9.97. The molecule has 7 nitrogen and oxygen atoms in total. The molecule has 0 radical (unpaired) electrons. The van der Waals surface area contributed by atoms with Crippen molar-refractivity contribution in [3.63, 3.8) is 0 Å². The smallest absolute Gasteiger partial charge is 0.309 e. The van der Waals surface area contributed by atoms with E-state index < -0.39 is 4.92 Å². The molecule has 1 aliphatic heterocycles. The number of nitro groups is 1. The van der Waals surface area contributed by atoms with Gasteiger partial charge in [-0.3, -0.25) is 19.6 Å². The van der Waals surface area contributed by atoms with Crippen molar-refractivity contribution in [3.8, 4) is 0 Å². The Balaban J connectivity index is 1.97. The number of hydrogen-bond acceptors (Lipinski definition) is 4. The molecule has 1 saturated heterocycles. The molecule has 7 heteroatoms. The molecule has 0 N–H and O–H groups in total. The molecule has 0 aromatic carbocycles. The quantitative estimate of drug-likeness (QED) is 0.630. The van der Waals surface area contributed by atoms with Gasteiger partial charge in [0, 0.05) is 25.0 Å². The Morgan fingerprint density at radius 3 is 2.57 bits per heavy atom. The van der Waals surface area contributed by atoms with Crippen LogP contribution in [0.2, 0.25) is 0 Å². The minimum Gasteiger partial charge on any atom is -0.337 e. The van der Waals surface area contributed by atoms with Crippen LogP contribution >= 0.6 is 0 Å². The Labute approximate surface area is 124 Å². The third-order valence-electron chi connectivity index (χ3n) is 4.15. The van der Waals surface area contributed by atoms with E-state index in [1.54, 1.807) is 6.92 Å². The highest BCUT2D eigenvalue weighted by molar-refractivity contribution is 5.76. The number of aromatic nitrogens is 2. The molecule has 2 heterocycles. The molecule has 2 unspecified atom stereocenters. The van der Waals surface area contributed by atoms with E-state index in [-0.39, 0.29) is 23.7 Å². The molecule has 0 saturated carbocycles. The molecule has 0 spiro atoms. The highest BCUT2D eigenvalue weighted by atomic mass is 16.6. The summed E-state index contributed by atoms with van der Waals surface area (Å²) in [5.74, 6) is 0.102. The Kier molecular flexibility index (Phi) is 4.59. The van der Waals surface area contributed by atoms with Gasteiger partial charge in [-0.15, -0.1) is 0 Å². The summed E-state index contributed by atoms with van der Waals surface area (Å²) >= 11 is 0. The van der Waals surface area contributed by atoms with E-state index in [9.17, 15) is 14.9 Å². The van der Waals surface area contributed by atoms with Gasteiger partial charge in [-0.25, -0.2) is 0 Å². The Bertz CT molecular complexity index is 530. The molecule has 2 rings (SSSR count). The molecule has 21 heavy (non-hydrogen) atoms. The second-order valence-electron chi connectivity index (χ2n) is 5.80. The third kappa shape index (κ3) is 3.40. The van der Waals surface area contributed by atoms with Crippen LogP contribution in [-0.4, -0.2) is 37.6 Å². The molecule has 1 aromatic rings. The van der Waals surface area contributed by atoms with Crippen molar-refractivity contribution in [2.24, 2.45) is 0 Å². The molecular weight excluding hydrogens is 272 g/mol. The highest BCUT2D eigenvalue weighted by Gasteiger charge is 2.28. The summed E-state index contributed by atoms with van der Waals surface area (Å²) in [5, 5.41) is 14.9. The first-order chi connectivity index (χ1) is 9.90. The normalized spacial score (nSPS) is 22.3. The van der Waals surface area contributed by atoms with Crippen LogP contribution in [0, 0.1) is 17.0 Å². The van der Waals surface area contributed by atoms with Gasteiger partial charge >= 0.3 is 5.69 Å². The number of rotatable bonds is 4. The standard InChI is InChI=1S/C14H22N4O3/c1-10-5-4-6-11(2)17(10)14(19)7-8-16-9-13(18(20)21)12(3)15-16/h9-11H,4-8H2,1-3H3. The van der Waals surface area contributed by atoms with Gasteiger partial charge in [0.1, 0.15) is 11.9 Å². The van der Waals surface area contributed by atoms with Crippen LogP contribution in [0.4, 0.5) is 5.69 Å². The van der Waals surface area contributed by atoms with Gasteiger partial charge in [0.05, 0.1) is 4.92 Å². The summed E-state index contributed by atoms with van der Waals surface area (Å²) in [5.41, 5.74) is 0.384. The molecule has 1 amide bonds. The monoisotopic (exact) mass is 294 g/mol. The summed E-state index contributed by atoms with van der Waals surface area (Å²) in [6.07, 6.45) is 4.97. The van der Waals surface area contributed by atoms with Crippen LogP contribution in [0.25, 0.3) is 0 Å². The van der Waals surface area contributed by atoms with Gasteiger partial charge in [0.15, 0.2) is 0 Å². The molecular formula is C14H22N4O3. The number of aryl methyl sites for hydroxylation is 2. The largest absolute Gasteiger partial charge is 0.337 e. The van der Waals surface area contributed by atoms with Crippen molar-refractivity contribution in [2.75, 3.05) is 0 Å². The maximum atomic E-state index is 12.4. The zero-order valence-corrected chi connectivity index (χ0v) is 12.8. The molecule has 0 bridgehead atoms. The highest BCUT2D eigenvalue weighted by Crippen LogP contribution is 2.23. The van der Waals surface area contributed by atoms with Crippen molar-refractivity contribution < 1.29 is 9.72 Å². The fourth-order valence-corrected chi connectivity index (χ4v) is 3.05. The van der Waals surface area contributed by atoms with E-state index in [4.69, 9.17) is 0 Å². The molecule has 0 aliphatic carbocycles. The number of piperidine rings is 1. The van der Waals surface area contributed by atoms with Crippen LogP contribution in [0.3, 0.4) is 0 Å². The number of hydrogen-bond donors (Lipinski definition) is 0. The van der Waals surface area contributed by atoms with Crippen LogP contribution in [0.5, 0.6) is 0 Å². The summed E-state index contributed by atoms with van der Waals surface area (Å²) in [7, 11) is 0. The van der Waals surface area contributed by atoms with Crippen molar-refractivity contribution in [2.45, 2.75) is 65.1 Å². The zero-order valence-electron chi connectivity index (χ0n) is 12.8. The third-order valence-corrected chi connectivity index (χ3v) is 4.15. The number of carbonyl (C=O) groups excluding carboxylic acids is 1. The molecule has 1 aromatic heterocycles. The van der Waals surface area contributed by atoms with Gasteiger partial charge in [-0.2, -0.15) is 5.10 Å². The lowest BCUT2D eigenvalue weighted by molar-refractivity contribution is -0.385. The SMILES string of the molecule is Cc1nn(CCC(=O)N2C(C)CCCC2C)cc1[N+](=O)[O-]. The Morgan fingerprint density at radius 2 is 2.05 bits per heavy atom. The van der Waals surface area contributed by atoms with Crippen molar-refractivity contribution >= 4 is 11.6 Å². The van der Waals surface area contributed by atoms with Gasteiger partial charge in [-0.05, 0) is 40.0 Å². The number of amides is 1. The second-order valence-corrected chi connectivity index (χ2v) is 5.80. The summed E-state index contributed by atoms with van der Waals surface area (Å²) in [4.78, 5) is 24.7. The lowest BCUT2D eigenvalue weighted by Gasteiger charge is -2.39. The molecule has 1 aliphatic rings. The number of likely N-dealkylation sites (tertiary alicyclic amines) is 1. The zero-order chi connectivity index (χ0) is 15.6. The number of carbonyl (C=O) groups is 1. The predicted molar refractivity (Wildman–Crippen MR) is 77.9 cm³/mol. The molecule has 116 valence electrons.